The van der Waals surface area contributed by atoms with Crippen LogP contribution < -0.4 is 5.32 Å². The number of anilines is 1. The van der Waals surface area contributed by atoms with Crippen LogP contribution in [0.5, 0.6) is 0 Å². The first-order valence-corrected chi connectivity index (χ1v) is 6.10. The zero-order valence-electron chi connectivity index (χ0n) is 10.0. The second-order valence-electron chi connectivity index (χ2n) is 4.63. The van der Waals surface area contributed by atoms with Gasteiger partial charge in [0, 0.05) is 12.1 Å². The summed E-state index contributed by atoms with van der Waals surface area (Å²) < 4.78 is 0. The van der Waals surface area contributed by atoms with Crippen molar-refractivity contribution in [1.29, 1.82) is 0 Å². The minimum atomic E-state index is -0.797. The first kappa shape index (κ1) is 12.5. The molecule has 0 spiro atoms. The van der Waals surface area contributed by atoms with Gasteiger partial charge in [-0.05, 0) is 31.4 Å². The van der Waals surface area contributed by atoms with Gasteiger partial charge in [0.1, 0.15) is 0 Å². The fourth-order valence-electron chi connectivity index (χ4n) is 2.33. The predicted molar refractivity (Wildman–Crippen MR) is 66.0 cm³/mol. The van der Waals surface area contributed by atoms with Crippen LogP contribution in [0, 0.1) is 11.8 Å². The van der Waals surface area contributed by atoms with Crippen molar-refractivity contribution in [2.75, 3.05) is 5.32 Å². The summed E-state index contributed by atoms with van der Waals surface area (Å²) in [7, 11) is 0. The molecule has 18 heavy (non-hydrogen) atoms. The average molecular weight is 248 g/mol. The smallest absolute Gasteiger partial charge is 0.306 e. The third kappa shape index (κ3) is 3.06. The molecule has 0 saturated heterocycles. The Hall–Kier alpha value is -1.91. The number of carboxylic acids is 1. The zero-order valence-corrected chi connectivity index (χ0v) is 10.0. The summed E-state index contributed by atoms with van der Waals surface area (Å²) in [6.45, 7) is 0. The molecule has 1 aromatic rings. The molecule has 1 aliphatic rings. The summed E-state index contributed by atoms with van der Waals surface area (Å²) in [5.74, 6) is -1.49. The topological polar surface area (TPSA) is 79.3 Å². The van der Waals surface area contributed by atoms with Crippen LogP contribution in [-0.4, -0.2) is 22.0 Å². The van der Waals surface area contributed by atoms with Gasteiger partial charge >= 0.3 is 5.97 Å². The molecule has 2 N–H and O–H groups in total. The van der Waals surface area contributed by atoms with Crippen molar-refractivity contribution < 1.29 is 14.7 Å². The third-order valence-corrected chi connectivity index (χ3v) is 3.32. The Labute approximate surface area is 105 Å². The lowest BCUT2D eigenvalue weighted by Crippen LogP contribution is -2.30. The van der Waals surface area contributed by atoms with Crippen molar-refractivity contribution >= 4 is 17.6 Å². The molecule has 0 unspecified atom stereocenters. The molecule has 0 aromatic carbocycles. The van der Waals surface area contributed by atoms with Crippen molar-refractivity contribution in [2.45, 2.75) is 25.7 Å². The molecule has 0 radical (unpaired) electrons. The van der Waals surface area contributed by atoms with Crippen molar-refractivity contribution in [1.82, 2.24) is 4.98 Å². The Kier molecular flexibility index (Phi) is 3.92. The van der Waals surface area contributed by atoms with Crippen LogP contribution in [-0.2, 0) is 9.59 Å². The maximum atomic E-state index is 12.0. The Bertz CT molecular complexity index is 433. The van der Waals surface area contributed by atoms with Gasteiger partial charge in [0.05, 0.1) is 17.8 Å². The number of hydrogen-bond acceptors (Lipinski definition) is 3. The lowest BCUT2D eigenvalue weighted by Gasteiger charge is -2.25. The van der Waals surface area contributed by atoms with Gasteiger partial charge in [-0.1, -0.05) is 6.42 Å². The van der Waals surface area contributed by atoms with Crippen molar-refractivity contribution in [3.63, 3.8) is 0 Å². The molecule has 5 nitrogen and oxygen atoms in total. The largest absolute Gasteiger partial charge is 0.481 e. The molecule has 0 aliphatic heterocycles. The van der Waals surface area contributed by atoms with Crippen LogP contribution in [0.25, 0.3) is 0 Å². The Morgan fingerprint density at radius 2 is 2.11 bits per heavy atom. The number of carbonyl (C=O) groups excluding carboxylic acids is 1. The Morgan fingerprint density at radius 3 is 2.78 bits per heavy atom. The number of pyridine rings is 1. The van der Waals surface area contributed by atoms with Gasteiger partial charge in [-0.3, -0.25) is 14.6 Å². The van der Waals surface area contributed by atoms with E-state index in [0.717, 1.165) is 12.8 Å². The van der Waals surface area contributed by atoms with E-state index in [1.807, 2.05) is 0 Å². The molecule has 5 heteroatoms. The van der Waals surface area contributed by atoms with Gasteiger partial charge in [-0.15, -0.1) is 0 Å². The first-order valence-electron chi connectivity index (χ1n) is 6.10. The highest BCUT2D eigenvalue weighted by atomic mass is 16.4. The standard InChI is InChI=1S/C13H16N2O3/c16-12(15-11-5-2-6-14-8-11)9-3-1-4-10(7-9)13(17)18/h2,5-6,8-10H,1,3-4,7H2,(H,15,16)(H,17,18)/t9-,10+/m1/s1. The lowest BCUT2D eigenvalue weighted by atomic mass is 9.81. The van der Waals surface area contributed by atoms with Gasteiger partial charge in [0.25, 0.3) is 0 Å². The van der Waals surface area contributed by atoms with E-state index in [2.05, 4.69) is 10.3 Å². The van der Waals surface area contributed by atoms with E-state index < -0.39 is 5.97 Å². The van der Waals surface area contributed by atoms with Gasteiger partial charge in [0.15, 0.2) is 0 Å². The maximum Gasteiger partial charge on any atom is 0.306 e. The molecule has 1 aromatic heterocycles. The SMILES string of the molecule is O=C(O)[C@H]1CCC[C@@H](C(=O)Nc2cccnc2)C1. The van der Waals surface area contributed by atoms with Crippen LogP contribution in [0.3, 0.4) is 0 Å². The monoisotopic (exact) mass is 248 g/mol. The molecule has 1 aliphatic carbocycles. The minimum absolute atomic E-state index is 0.103. The molecule has 2 rings (SSSR count). The van der Waals surface area contributed by atoms with Crippen LogP contribution in [0.4, 0.5) is 5.69 Å². The fourth-order valence-corrected chi connectivity index (χ4v) is 2.33. The summed E-state index contributed by atoms with van der Waals surface area (Å²) in [5, 5.41) is 11.8. The van der Waals surface area contributed by atoms with E-state index in [9.17, 15) is 9.59 Å². The van der Waals surface area contributed by atoms with E-state index in [-0.39, 0.29) is 17.7 Å². The van der Waals surface area contributed by atoms with E-state index in [4.69, 9.17) is 5.11 Å². The molecule has 1 saturated carbocycles. The van der Waals surface area contributed by atoms with Crippen molar-refractivity contribution in [3.8, 4) is 0 Å². The van der Waals surface area contributed by atoms with Crippen LogP contribution in [0.15, 0.2) is 24.5 Å². The minimum Gasteiger partial charge on any atom is -0.481 e. The van der Waals surface area contributed by atoms with Crippen molar-refractivity contribution in [2.24, 2.45) is 11.8 Å². The summed E-state index contributed by atoms with van der Waals surface area (Å²) >= 11 is 0. The van der Waals surface area contributed by atoms with Gasteiger partial charge in [-0.25, -0.2) is 0 Å². The molecule has 1 amide bonds. The fraction of sp³-hybridized carbons (Fsp3) is 0.462. The summed E-state index contributed by atoms with van der Waals surface area (Å²) in [6, 6.07) is 3.51. The number of amides is 1. The number of carboxylic acid groups (broad SMARTS) is 1. The van der Waals surface area contributed by atoms with Gasteiger partial charge in [0.2, 0.25) is 5.91 Å². The maximum absolute atomic E-state index is 12.0. The molecule has 0 bridgehead atoms. The Balaban J connectivity index is 1.95. The normalized spacial score (nSPS) is 23.3. The average Bonchev–Trinajstić information content (AvgIpc) is 2.40. The van der Waals surface area contributed by atoms with E-state index in [1.54, 1.807) is 24.5 Å². The molecule has 1 fully saturated rings. The highest BCUT2D eigenvalue weighted by molar-refractivity contribution is 5.92. The molecule has 2 atom stereocenters. The van der Waals surface area contributed by atoms with Crippen LogP contribution >= 0.6 is 0 Å². The molecule has 1 heterocycles. The summed E-state index contributed by atoms with van der Waals surface area (Å²) in [5.41, 5.74) is 0.653. The second kappa shape index (κ2) is 5.62. The number of rotatable bonds is 3. The molecule has 96 valence electrons. The lowest BCUT2D eigenvalue weighted by molar-refractivity contribution is -0.143. The van der Waals surface area contributed by atoms with Gasteiger partial charge in [-0.2, -0.15) is 0 Å². The number of nitrogens with one attached hydrogen (secondary N) is 1. The highest BCUT2D eigenvalue weighted by Crippen LogP contribution is 2.30. The van der Waals surface area contributed by atoms with Crippen LogP contribution in [0.2, 0.25) is 0 Å². The molecular weight excluding hydrogens is 232 g/mol. The summed E-state index contributed by atoms with van der Waals surface area (Å²) in [4.78, 5) is 26.9. The molecular formula is C13H16N2O3. The van der Waals surface area contributed by atoms with E-state index >= 15 is 0 Å². The van der Waals surface area contributed by atoms with E-state index in [0.29, 0.717) is 18.5 Å². The second-order valence-corrected chi connectivity index (χ2v) is 4.63. The van der Waals surface area contributed by atoms with Gasteiger partial charge < -0.3 is 10.4 Å². The summed E-state index contributed by atoms with van der Waals surface area (Å²) in [6.07, 6.45) is 5.87. The number of aliphatic carboxylic acids is 1. The number of nitrogens with zero attached hydrogens (tertiary/aromatic N) is 1. The van der Waals surface area contributed by atoms with E-state index in [1.165, 1.54) is 0 Å². The quantitative estimate of drug-likeness (QED) is 0.856. The zero-order chi connectivity index (χ0) is 13.0. The number of carbonyl (C=O) groups is 2. The predicted octanol–water partition coefficient (Wildman–Crippen LogP) is 1.91. The number of hydrogen-bond donors (Lipinski definition) is 2. The number of aromatic nitrogens is 1. The highest BCUT2D eigenvalue weighted by Gasteiger charge is 2.30. The van der Waals surface area contributed by atoms with Crippen LogP contribution in [0.1, 0.15) is 25.7 Å². The third-order valence-electron chi connectivity index (χ3n) is 3.32. The Morgan fingerprint density at radius 1 is 1.33 bits per heavy atom. The first-order chi connectivity index (χ1) is 8.66. The van der Waals surface area contributed by atoms with Crippen molar-refractivity contribution in [3.05, 3.63) is 24.5 Å².